The first-order valence-corrected chi connectivity index (χ1v) is 8.61. The Bertz CT molecular complexity index is 482. The van der Waals surface area contributed by atoms with Crippen LogP contribution in [0.4, 0.5) is 0 Å². The zero-order valence-corrected chi connectivity index (χ0v) is 14.3. The molecule has 0 spiro atoms. The Hall–Kier alpha value is -1.84. The summed E-state index contributed by atoms with van der Waals surface area (Å²) < 4.78 is 10.4. The van der Waals surface area contributed by atoms with Gasteiger partial charge in [0.05, 0.1) is 6.61 Å². The maximum absolute atomic E-state index is 11.8. The van der Waals surface area contributed by atoms with Gasteiger partial charge in [0.2, 0.25) is 0 Å². The number of aryl methyl sites for hydroxylation is 1. The highest BCUT2D eigenvalue weighted by molar-refractivity contribution is 5.72. The Balaban J connectivity index is 2.13. The van der Waals surface area contributed by atoms with E-state index < -0.39 is 0 Å². The summed E-state index contributed by atoms with van der Waals surface area (Å²) >= 11 is 0. The number of unbranched alkanes of at least 4 members (excludes halogenated alkanes) is 3. The highest BCUT2D eigenvalue weighted by atomic mass is 16.5. The molecule has 0 N–H and O–H groups in total. The Kier molecular flexibility index (Phi) is 9.76. The van der Waals surface area contributed by atoms with E-state index in [0.29, 0.717) is 38.0 Å². The summed E-state index contributed by atoms with van der Waals surface area (Å²) in [4.78, 5) is 23.2. The average Bonchev–Trinajstić information content (AvgIpc) is 2.56. The van der Waals surface area contributed by atoms with Crippen LogP contribution in [0, 0.1) is 0 Å². The average molecular weight is 320 g/mol. The summed E-state index contributed by atoms with van der Waals surface area (Å²) in [5.74, 6) is 0.157. The van der Waals surface area contributed by atoms with E-state index in [4.69, 9.17) is 9.47 Å². The lowest BCUT2D eigenvalue weighted by Crippen LogP contribution is -2.09. The molecule has 23 heavy (non-hydrogen) atoms. The zero-order valence-electron chi connectivity index (χ0n) is 14.3. The Morgan fingerprint density at radius 1 is 0.957 bits per heavy atom. The van der Waals surface area contributed by atoms with Crippen molar-refractivity contribution >= 4 is 11.9 Å². The molecule has 1 aromatic carbocycles. The van der Waals surface area contributed by atoms with E-state index in [1.54, 1.807) is 6.07 Å². The maximum atomic E-state index is 11.8. The van der Waals surface area contributed by atoms with Crippen LogP contribution < -0.4 is 4.74 Å². The van der Waals surface area contributed by atoms with E-state index in [2.05, 4.69) is 13.8 Å². The second-order valence-corrected chi connectivity index (χ2v) is 5.61. The van der Waals surface area contributed by atoms with Gasteiger partial charge in [0, 0.05) is 12.8 Å². The van der Waals surface area contributed by atoms with Crippen molar-refractivity contribution in [3.05, 3.63) is 29.8 Å². The number of carbonyl (C=O) groups excluding carboxylic acids is 2. The monoisotopic (exact) mass is 320 g/mol. The normalized spacial score (nSPS) is 10.3. The fraction of sp³-hybridized carbons (Fsp3) is 0.579. The number of hydrogen-bond donors (Lipinski definition) is 0. The predicted octanol–water partition coefficient (Wildman–Crippen LogP) is 4.45. The van der Waals surface area contributed by atoms with Crippen molar-refractivity contribution in [3.63, 3.8) is 0 Å². The first-order chi connectivity index (χ1) is 11.2. The molecule has 0 amide bonds. The molecule has 0 radical (unpaired) electrons. The summed E-state index contributed by atoms with van der Waals surface area (Å²) in [6.45, 7) is 4.67. The topological polar surface area (TPSA) is 52.6 Å². The minimum absolute atomic E-state index is 0.176. The largest absolute Gasteiger partial charge is 0.466 e. The van der Waals surface area contributed by atoms with Gasteiger partial charge < -0.3 is 9.47 Å². The first kappa shape index (κ1) is 19.2. The van der Waals surface area contributed by atoms with Crippen molar-refractivity contribution in [2.75, 3.05) is 6.61 Å². The predicted molar refractivity (Wildman–Crippen MR) is 90.4 cm³/mol. The molecule has 0 bridgehead atoms. The molecule has 0 atom stereocenters. The smallest absolute Gasteiger partial charge is 0.311 e. The van der Waals surface area contributed by atoms with Gasteiger partial charge in [0.25, 0.3) is 0 Å². The summed E-state index contributed by atoms with van der Waals surface area (Å²) in [5, 5.41) is 0. The quantitative estimate of drug-likeness (QED) is 0.343. The molecule has 0 aliphatic carbocycles. The molecule has 0 unspecified atom stereocenters. The van der Waals surface area contributed by atoms with Crippen molar-refractivity contribution in [2.24, 2.45) is 0 Å². The van der Waals surface area contributed by atoms with Crippen molar-refractivity contribution < 1.29 is 19.1 Å². The SMILES string of the molecule is CCCCCOC(=O)CCCCC(=O)Oc1cccc(CC)c1. The zero-order chi connectivity index (χ0) is 16.9. The van der Waals surface area contributed by atoms with Crippen LogP contribution >= 0.6 is 0 Å². The van der Waals surface area contributed by atoms with Gasteiger partial charge in [-0.2, -0.15) is 0 Å². The van der Waals surface area contributed by atoms with Gasteiger partial charge in [-0.15, -0.1) is 0 Å². The Morgan fingerprint density at radius 3 is 2.39 bits per heavy atom. The molecule has 0 fully saturated rings. The number of benzene rings is 1. The Morgan fingerprint density at radius 2 is 1.70 bits per heavy atom. The molecule has 0 heterocycles. The van der Waals surface area contributed by atoms with Crippen LogP contribution in [0.1, 0.15) is 64.4 Å². The fourth-order valence-electron chi connectivity index (χ4n) is 2.16. The van der Waals surface area contributed by atoms with Crippen molar-refractivity contribution in [3.8, 4) is 5.75 Å². The molecule has 4 heteroatoms. The van der Waals surface area contributed by atoms with Gasteiger partial charge in [-0.1, -0.05) is 38.8 Å². The van der Waals surface area contributed by atoms with Gasteiger partial charge >= 0.3 is 11.9 Å². The highest BCUT2D eigenvalue weighted by Gasteiger charge is 2.07. The van der Waals surface area contributed by atoms with Crippen LogP contribution in [-0.2, 0) is 20.7 Å². The number of carbonyl (C=O) groups is 2. The van der Waals surface area contributed by atoms with Gasteiger partial charge in [-0.25, -0.2) is 0 Å². The van der Waals surface area contributed by atoms with Crippen LogP contribution in [-0.4, -0.2) is 18.5 Å². The number of ether oxygens (including phenoxy) is 2. The van der Waals surface area contributed by atoms with Crippen LogP contribution in [0.5, 0.6) is 5.75 Å². The molecular weight excluding hydrogens is 292 g/mol. The molecule has 128 valence electrons. The van der Waals surface area contributed by atoms with E-state index in [-0.39, 0.29) is 11.9 Å². The summed E-state index contributed by atoms with van der Waals surface area (Å²) in [6.07, 6.45) is 5.99. The van der Waals surface area contributed by atoms with E-state index in [9.17, 15) is 9.59 Å². The number of rotatable bonds is 11. The van der Waals surface area contributed by atoms with Crippen LogP contribution in [0.25, 0.3) is 0 Å². The lowest BCUT2D eigenvalue weighted by atomic mass is 10.1. The molecule has 0 aliphatic heterocycles. The second-order valence-electron chi connectivity index (χ2n) is 5.61. The molecule has 0 aliphatic rings. The molecular formula is C19H28O4. The van der Waals surface area contributed by atoms with Crippen LogP contribution in [0.15, 0.2) is 24.3 Å². The van der Waals surface area contributed by atoms with E-state index in [1.165, 1.54) is 0 Å². The van der Waals surface area contributed by atoms with Crippen molar-refractivity contribution in [1.29, 1.82) is 0 Å². The summed E-state index contributed by atoms with van der Waals surface area (Å²) in [7, 11) is 0. The minimum Gasteiger partial charge on any atom is -0.466 e. The third-order valence-electron chi connectivity index (χ3n) is 3.56. The molecule has 4 nitrogen and oxygen atoms in total. The van der Waals surface area contributed by atoms with Gasteiger partial charge in [0.15, 0.2) is 0 Å². The highest BCUT2D eigenvalue weighted by Crippen LogP contribution is 2.15. The first-order valence-electron chi connectivity index (χ1n) is 8.61. The molecule has 0 saturated heterocycles. The third-order valence-corrected chi connectivity index (χ3v) is 3.56. The second kappa shape index (κ2) is 11.7. The van der Waals surface area contributed by atoms with Gasteiger partial charge in [-0.05, 0) is 43.4 Å². The van der Waals surface area contributed by atoms with Gasteiger partial charge in [0.1, 0.15) is 5.75 Å². The minimum atomic E-state index is -0.255. The lowest BCUT2D eigenvalue weighted by molar-refractivity contribution is -0.144. The van der Waals surface area contributed by atoms with Crippen LogP contribution in [0.3, 0.4) is 0 Å². The van der Waals surface area contributed by atoms with Crippen LogP contribution in [0.2, 0.25) is 0 Å². The summed E-state index contributed by atoms with van der Waals surface area (Å²) in [5.41, 5.74) is 1.14. The molecule has 0 saturated carbocycles. The maximum Gasteiger partial charge on any atom is 0.311 e. The summed E-state index contributed by atoms with van der Waals surface area (Å²) in [6, 6.07) is 7.55. The number of hydrogen-bond acceptors (Lipinski definition) is 4. The van der Waals surface area contributed by atoms with Gasteiger partial charge in [-0.3, -0.25) is 9.59 Å². The van der Waals surface area contributed by atoms with E-state index in [1.807, 2.05) is 18.2 Å². The Labute approximate surface area is 139 Å². The molecule has 1 aromatic rings. The van der Waals surface area contributed by atoms with Crippen molar-refractivity contribution in [1.82, 2.24) is 0 Å². The van der Waals surface area contributed by atoms with E-state index in [0.717, 1.165) is 31.2 Å². The lowest BCUT2D eigenvalue weighted by Gasteiger charge is -2.06. The number of esters is 2. The van der Waals surface area contributed by atoms with E-state index >= 15 is 0 Å². The molecule has 1 rings (SSSR count). The molecule has 0 aromatic heterocycles. The van der Waals surface area contributed by atoms with Crippen molar-refractivity contribution in [2.45, 2.75) is 65.2 Å². The fourth-order valence-corrected chi connectivity index (χ4v) is 2.16. The standard InChI is InChI=1S/C19H28O4/c1-3-5-8-14-22-18(20)12-6-7-13-19(21)23-17-11-9-10-16(4-2)15-17/h9-11,15H,3-8,12-14H2,1-2H3. The third kappa shape index (κ3) is 9.01.